The van der Waals surface area contributed by atoms with Gasteiger partial charge in [0.05, 0.1) is 18.0 Å². The molecule has 32 heavy (non-hydrogen) atoms. The first-order chi connectivity index (χ1) is 15.5. The minimum Gasteiger partial charge on any atom is -0.494 e. The van der Waals surface area contributed by atoms with Gasteiger partial charge in [-0.25, -0.2) is 4.99 Å². The van der Waals surface area contributed by atoms with Gasteiger partial charge in [0.25, 0.3) is 5.56 Å². The first kappa shape index (κ1) is 21.6. The average molecular weight is 447 g/mol. The predicted molar refractivity (Wildman–Crippen MR) is 130 cm³/mol. The number of benzene rings is 2. The molecule has 0 saturated carbocycles. The maximum atomic E-state index is 13.0. The van der Waals surface area contributed by atoms with Crippen molar-refractivity contribution in [2.24, 2.45) is 19.1 Å². The van der Waals surface area contributed by atoms with E-state index in [0.717, 1.165) is 33.1 Å². The second kappa shape index (κ2) is 9.28. The van der Waals surface area contributed by atoms with E-state index in [0.29, 0.717) is 18.8 Å². The molecule has 0 amide bonds. The molecule has 0 N–H and O–H groups in total. The number of hydrogen-bond acceptors (Lipinski definition) is 4. The quantitative estimate of drug-likeness (QED) is 0.385. The maximum Gasteiger partial charge on any atom is 0.293 e. The topological polar surface area (TPSA) is 53.4 Å². The third-order valence-electron chi connectivity index (χ3n) is 5.32. The third kappa shape index (κ3) is 3.99. The fourth-order valence-electron chi connectivity index (χ4n) is 3.65. The monoisotopic (exact) mass is 446 g/mol. The van der Waals surface area contributed by atoms with Crippen molar-refractivity contribution in [1.29, 1.82) is 0 Å². The lowest BCUT2D eigenvalue weighted by Gasteiger charge is -2.08. The Bertz CT molecular complexity index is 1360. The fourth-order valence-corrected chi connectivity index (χ4v) is 4.58. The molecule has 4 rings (SSSR count). The van der Waals surface area contributed by atoms with Gasteiger partial charge in [0.1, 0.15) is 5.75 Å². The summed E-state index contributed by atoms with van der Waals surface area (Å²) in [4.78, 5) is 18.7. The molecule has 0 saturated heterocycles. The highest BCUT2D eigenvalue weighted by Gasteiger charge is 2.18. The van der Waals surface area contributed by atoms with E-state index in [1.165, 1.54) is 11.3 Å². The molecule has 0 radical (unpaired) electrons. The van der Waals surface area contributed by atoms with Crippen LogP contribution in [0, 0.1) is 0 Å². The summed E-state index contributed by atoms with van der Waals surface area (Å²) in [5, 5.41) is 2.06. The van der Waals surface area contributed by atoms with Crippen molar-refractivity contribution in [2.75, 3.05) is 6.61 Å². The zero-order valence-electron chi connectivity index (χ0n) is 18.5. The van der Waals surface area contributed by atoms with Crippen LogP contribution >= 0.6 is 11.3 Å². The van der Waals surface area contributed by atoms with E-state index in [9.17, 15) is 4.79 Å². The van der Waals surface area contributed by atoms with Crippen LogP contribution in [0.3, 0.4) is 0 Å². The van der Waals surface area contributed by atoms with Crippen molar-refractivity contribution in [1.82, 2.24) is 13.9 Å². The van der Waals surface area contributed by atoms with Crippen molar-refractivity contribution in [3.05, 3.63) is 87.8 Å². The molecule has 0 aliphatic carbocycles. The first-order valence-corrected chi connectivity index (χ1v) is 11.3. The molecule has 2 aromatic heterocycles. The summed E-state index contributed by atoms with van der Waals surface area (Å²) in [5.74, 6) is 0.840. The summed E-state index contributed by atoms with van der Waals surface area (Å²) in [6.45, 7) is 7.09. The lowest BCUT2D eigenvalue weighted by Crippen LogP contribution is -2.18. The normalized spacial score (nSPS) is 11.7. The van der Waals surface area contributed by atoms with Crippen LogP contribution in [-0.2, 0) is 20.6 Å². The predicted octanol–water partition coefficient (Wildman–Crippen LogP) is 4.74. The van der Waals surface area contributed by atoms with Gasteiger partial charge in [-0.1, -0.05) is 36.4 Å². The van der Waals surface area contributed by atoms with Crippen molar-refractivity contribution in [2.45, 2.75) is 13.5 Å². The van der Waals surface area contributed by atoms with E-state index in [-0.39, 0.29) is 5.56 Å². The summed E-state index contributed by atoms with van der Waals surface area (Å²) in [7, 11) is 3.63. The number of aromatic nitrogens is 3. The van der Waals surface area contributed by atoms with Gasteiger partial charge >= 0.3 is 0 Å². The van der Waals surface area contributed by atoms with Crippen molar-refractivity contribution in [3.8, 4) is 28.3 Å². The largest absolute Gasteiger partial charge is 0.494 e. The second-order valence-electron chi connectivity index (χ2n) is 7.29. The summed E-state index contributed by atoms with van der Waals surface area (Å²) in [6, 6.07) is 17.9. The van der Waals surface area contributed by atoms with E-state index in [1.54, 1.807) is 11.7 Å². The van der Waals surface area contributed by atoms with E-state index in [2.05, 4.69) is 16.5 Å². The van der Waals surface area contributed by atoms with Crippen LogP contribution in [-0.4, -0.2) is 20.5 Å². The molecule has 0 aliphatic rings. The fraction of sp³-hybridized carbons (Fsp3) is 0.200. The third-order valence-corrected chi connectivity index (χ3v) is 6.18. The molecule has 0 atom stereocenters. The van der Waals surface area contributed by atoms with E-state index >= 15 is 0 Å². The van der Waals surface area contributed by atoms with Gasteiger partial charge in [0.15, 0.2) is 10.5 Å². The standard InChI is InChI=1S/C25H26N4O2S/c1-5-16-29-21(18-12-14-20(15-13-18)31-6-2)17-32-25(29)26-22-23(19-10-8-7-9-11-19)27(3)28(4)24(22)30/h5,7-15,17H,1,6,16H2,2-4H3. The van der Waals surface area contributed by atoms with Crippen LogP contribution in [0.2, 0.25) is 0 Å². The number of nitrogens with zero attached hydrogens (tertiary/aromatic N) is 4. The molecule has 6 nitrogen and oxygen atoms in total. The molecule has 0 fully saturated rings. The van der Waals surface area contributed by atoms with Crippen LogP contribution in [0.5, 0.6) is 5.75 Å². The number of ether oxygens (including phenoxy) is 1. The van der Waals surface area contributed by atoms with E-state index in [4.69, 9.17) is 9.73 Å². The number of hydrogen-bond donors (Lipinski definition) is 0. The molecule has 4 aromatic rings. The first-order valence-electron chi connectivity index (χ1n) is 10.4. The lowest BCUT2D eigenvalue weighted by atomic mass is 10.1. The Morgan fingerprint density at radius 2 is 1.75 bits per heavy atom. The smallest absolute Gasteiger partial charge is 0.293 e. The van der Waals surface area contributed by atoms with Crippen molar-refractivity contribution >= 4 is 17.0 Å². The van der Waals surface area contributed by atoms with Gasteiger partial charge < -0.3 is 9.30 Å². The highest BCUT2D eigenvalue weighted by Crippen LogP contribution is 2.28. The SMILES string of the molecule is C=CCn1c(-c2ccc(OCC)cc2)csc1=Nc1c(-c2ccccc2)n(C)n(C)c1=O. The highest BCUT2D eigenvalue weighted by atomic mass is 32.1. The molecular weight excluding hydrogens is 420 g/mol. The Hall–Kier alpha value is -3.58. The Balaban J connectivity index is 1.89. The van der Waals surface area contributed by atoms with E-state index < -0.39 is 0 Å². The van der Waals surface area contributed by atoms with Gasteiger partial charge in [-0.3, -0.25) is 14.2 Å². The molecule has 0 spiro atoms. The molecule has 0 bridgehead atoms. The van der Waals surface area contributed by atoms with Crippen LogP contribution in [0.4, 0.5) is 5.69 Å². The molecule has 2 aromatic carbocycles. The number of thiazole rings is 1. The minimum absolute atomic E-state index is 0.132. The van der Waals surface area contributed by atoms with Gasteiger partial charge in [0, 0.05) is 31.6 Å². The Kier molecular flexibility index (Phi) is 6.28. The molecule has 2 heterocycles. The number of rotatable bonds is 7. The Labute approximate surface area is 191 Å². The van der Waals surface area contributed by atoms with Crippen molar-refractivity contribution in [3.63, 3.8) is 0 Å². The molecule has 0 unspecified atom stereocenters. The van der Waals surface area contributed by atoms with Crippen LogP contribution in [0.25, 0.3) is 22.5 Å². The van der Waals surface area contributed by atoms with Crippen LogP contribution < -0.4 is 15.1 Å². The van der Waals surface area contributed by atoms with E-state index in [1.807, 2.05) is 79.3 Å². The summed E-state index contributed by atoms with van der Waals surface area (Å²) in [6.07, 6.45) is 1.84. The zero-order valence-corrected chi connectivity index (χ0v) is 19.3. The molecule has 0 aliphatic heterocycles. The lowest BCUT2D eigenvalue weighted by molar-refractivity contribution is 0.340. The van der Waals surface area contributed by atoms with Gasteiger partial charge in [-0.05, 0) is 36.8 Å². The van der Waals surface area contributed by atoms with Crippen molar-refractivity contribution < 1.29 is 4.74 Å². The minimum atomic E-state index is -0.132. The summed E-state index contributed by atoms with van der Waals surface area (Å²) in [5.41, 5.74) is 4.11. The highest BCUT2D eigenvalue weighted by molar-refractivity contribution is 7.07. The molecular formula is C25H26N4O2S. The second-order valence-corrected chi connectivity index (χ2v) is 8.12. The molecule has 7 heteroatoms. The summed E-state index contributed by atoms with van der Waals surface area (Å²) < 4.78 is 11.1. The van der Waals surface area contributed by atoms with Gasteiger partial charge in [0.2, 0.25) is 0 Å². The average Bonchev–Trinajstić information content (AvgIpc) is 3.30. The Morgan fingerprint density at radius 3 is 2.41 bits per heavy atom. The van der Waals surface area contributed by atoms with Gasteiger partial charge in [-0.2, -0.15) is 0 Å². The van der Waals surface area contributed by atoms with Crippen LogP contribution in [0.1, 0.15) is 6.92 Å². The van der Waals surface area contributed by atoms with Gasteiger partial charge in [-0.15, -0.1) is 17.9 Å². The zero-order chi connectivity index (χ0) is 22.7. The van der Waals surface area contributed by atoms with Crippen LogP contribution in [0.15, 0.2) is 82.4 Å². The number of allylic oxidation sites excluding steroid dienone is 1. The molecule has 164 valence electrons. The summed E-state index contributed by atoms with van der Waals surface area (Å²) >= 11 is 1.51. The Morgan fingerprint density at radius 1 is 1.03 bits per heavy atom. The maximum absolute atomic E-state index is 13.0.